The molecule has 0 saturated carbocycles. The number of halogens is 3. The van der Waals surface area contributed by atoms with Gasteiger partial charge in [0.15, 0.2) is 11.6 Å². The molecule has 0 saturated heterocycles. The van der Waals surface area contributed by atoms with Crippen molar-refractivity contribution in [3.63, 3.8) is 0 Å². The molecule has 0 radical (unpaired) electrons. The molecule has 5 nitrogen and oxygen atoms in total. The number of benzene rings is 1. The maximum atomic E-state index is 13.8. The Morgan fingerprint density at radius 2 is 2.21 bits per heavy atom. The first-order valence-corrected chi connectivity index (χ1v) is 7.84. The molecule has 2 heterocycles. The van der Waals surface area contributed by atoms with Crippen molar-refractivity contribution in [1.82, 2.24) is 14.9 Å². The number of hydrogen-bond acceptors (Lipinski definition) is 3. The molecule has 1 aliphatic rings. The number of carbonyl (C=O) groups is 1. The zero-order valence-electron chi connectivity index (χ0n) is 12.6. The number of H-pyrrole nitrogens is 1. The highest BCUT2D eigenvalue weighted by molar-refractivity contribution is 6.35. The van der Waals surface area contributed by atoms with E-state index in [1.165, 1.54) is 12.1 Å². The summed E-state index contributed by atoms with van der Waals surface area (Å²) in [4.78, 5) is 25.0. The van der Waals surface area contributed by atoms with Crippen LogP contribution in [0.3, 0.4) is 0 Å². The van der Waals surface area contributed by atoms with E-state index in [0.29, 0.717) is 34.1 Å². The molecule has 24 heavy (non-hydrogen) atoms. The van der Waals surface area contributed by atoms with Crippen LogP contribution in [0.4, 0.5) is 4.39 Å². The van der Waals surface area contributed by atoms with Crippen molar-refractivity contribution < 1.29 is 9.18 Å². The Balaban J connectivity index is 1.94. The Morgan fingerprint density at radius 3 is 2.83 bits per heavy atom. The summed E-state index contributed by atoms with van der Waals surface area (Å²) in [5, 5.41) is 0.609. The molecule has 1 N–H and O–H groups in total. The maximum absolute atomic E-state index is 13.8. The SMILES string of the molecule is C=NC1=C(C(=C)Cl)CN(C(=O)c2nc3c(F)ccc(Cl)c3[nH]2)CC1. The highest BCUT2D eigenvalue weighted by Gasteiger charge is 2.27. The fourth-order valence-electron chi connectivity index (χ4n) is 2.62. The quantitative estimate of drug-likeness (QED) is 0.837. The lowest BCUT2D eigenvalue weighted by Crippen LogP contribution is -2.37. The first-order valence-electron chi connectivity index (χ1n) is 7.09. The molecular weight excluding hydrogens is 354 g/mol. The Kier molecular flexibility index (Phi) is 4.43. The van der Waals surface area contributed by atoms with E-state index < -0.39 is 5.82 Å². The summed E-state index contributed by atoms with van der Waals surface area (Å²) in [6, 6.07) is 2.62. The van der Waals surface area contributed by atoms with Gasteiger partial charge in [0.2, 0.25) is 0 Å². The Hall–Kier alpha value is -2.18. The van der Waals surface area contributed by atoms with Gasteiger partial charge in [-0.05, 0) is 18.9 Å². The number of aromatic amines is 1. The van der Waals surface area contributed by atoms with Crippen molar-refractivity contribution in [3.05, 3.63) is 51.7 Å². The topological polar surface area (TPSA) is 61.4 Å². The van der Waals surface area contributed by atoms with E-state index in [0.717, 1.165) is 5.70 Å². The van der Waals surface area contributed by atoms with Crippen LogP contribution < -0.4 is 0 Å². The zero-order chi connectivity index (χ0) is 17.4. The number of rotatable bonds is 3. The molecule has 3 rings (SSSR count). The van der Waals surface area contributed by atoms with Crippen molar-refractivity contribution in [2.24, 2.45) is 4.99 Å². The molecule has 0 bridgehead atoms. The summed E-state index contributed by atoms with van der Waals surface area (Å²) in [6.07, 6.45) is 0.506. The van der Waals surface area contributed by atoms with Gasteiger partial charge in [0, 0.05) is 35.8 Å². The van der Waals surface area contributed by atoms with Crippen LogP contribution in [0.5, 0.6) is 0 Å². The van der Waals surface area contributed by atoms with Gasteiger partial charge < -0.3 is 9.88 Å². The minimum atomic E-state index is -0.545. The second-order valence-corrected chi connectivity index (χ2v) is 6.17. The summed E-state index contributed by atoms with van der Waals surface area (Å²) in [7, 11) is 0. The summed E-state index contributed by atoms with van der Waals surface area (Å²) in [6.45, 7) is 7.86. The van der Waals surface area contributed by atoms with Gasteiger partial charge in [-0.15, -0.1) is 0 Å². The second-order valence-electron chi connectivity index (χ2n) is 5.30. The number of aromatic nitrogens is 2. The molecule has 0 spiro atoms. The van der Waals surface area contributed by atoms with Crippen molar-refractivity contribution in [2.45, 2.75) is 6.42 Å². The molecule has 124 valence electrons. The Bertz CT molecular complexity index is 864. The van der Waals surface area contributed by atoms with Crippen LogP contribution in [0, 0.1) is 5.82 Å². The van der Waals surface area contributed by atoms with E-state index in [1.54, 1.807) is 4.90 Å². The molecule has 1 aromatic carbocycles. The summed E-state index contributed by atoms with van der Waals surface area (Å²) in [5.41, 5.74) is 1.71. The monoisotopic (exact) mass is 366 g/mol. The van der Waals surface area contributed by atoms with Gasteiger partial charge in [0.25, 0.3) is 5.91 Å². The number of nitrogens with zero attached hydrogens (tertiary/aromatic N) is 3. The number of nitrogens with one attached hydrogen (secondary N) is 1. The average molecular weight is 367 g/mol. The average Bonchev–Trinajstić information content (AvgIpc) is 3.03. The molecule has 1 amide bonds. The van der Waals surface area contributed by atoms with Gasteiger partial charge in [-0.3, -0.25) is 9.79 Å². The van der Waals surface area contributed by atoms with Gasteiger partial charge in [-0.25, -0.2) is 9.37 Å². The third-order valence-corrected chi connectivity index (χ3v) is 4.41. The van der Waals surface area contributed by atoms with Gasteiger partial charge in [-0.1, -0.05) is 29.8 Å². The lowest BCUT2D eigenvalue weighted by atomic mass is 10.1. The van der Waals surface area contributed by atoms with E-state index >= 15 is 0 Å². The predicted octanol–water partition coefficient (Wildman–Crippen LogP) is 3.91. The van der Waals surface area contributed by atoms with Crippen molar-refractivity contribution in [2.75, 3.05) is 13.1 Å². The molecule has 1 aliphatic heterocycles. The second kappa shape index (κ2) is 6.37. The standard InChI is InChI=1S/C16H13Cl2FN4O/c1-8(17)9-7-23(6-5-12(9)20-2)16(24)15-21-13-10(18)3-4-11(19)14(13)22-15/h3-4H,1-2,5-7H2,(H,21,22). The molecule has 0 atom stereocenters. The fourth-order valence-corrected chi connectivity index (χ4v) is 2.99. The summed E-state index contributed by atoms with van der Waals surface area (Å²) >= 11 is 12.0. The van der Waals surface area contributed by atoms with Crippen molar-refractivity contribution in [3.8, 4) is 0 Å². The van der Waals surface area contributed by atoms with Crippen LogP contribution in [0.1, 0.15) is 17.0 Å². The van der Waals surface area contributed by atoms with Gasteiger partial charge in [0.1, 0.15) is 5.52 Å². The number of imidazole rings is 1. The van der Waals surface area contributed by atoms with Crippen LogP contribution in [0.15, 0.2) is 40.0 Å². The summed E-state index contributed by atoms with van der Waals surface area (Å²) < 4.78 is 13.8. The number of amides is 1. The molecule has 0 unspecified atom stereocenters. The van der Waals surface area contributed by atoms with Crippen LogP contribution in [-0.4, -0.2) is 40.6 Å². The van der Waals surface area contributed by atoms with Crippen molar-refractivity contribution >= 4 is 46.9 Å². The van der Waals surface area contributed by atoms with Crippen LogP contribution in [0.2, 0.25) is 5.02 Å². The van der Waals surface area contributed by atoms with E-state index in [1.807, 2.05) is 0 Å². The highest BCUT2D eigenvalue weighted by Crippen LogP contribution is 2.28. The lowest BCUT2D eigenvalue weighted by Gasteiger charge is -2.28. The minimum absolute atomic E-state index is 0.0200. The molecule has 0 aliphatic carbocycles. The molecule has 8 heteroatoms. The number of fused-ring (bicyclic) bond motifs is 1. The normalized spacial score (nSPS) is 15.0. The number of carbonyl (C=O) groups excluding carboxylic acids is 1. The minimum Gasteiger partial charge on any atom is -0.333 e. The molecular formula is C16H13Cl2FN4O. The smallest absolute Gasteiger partial charge is 0.289 e. The third-order valence-electron chi connectivity index (χ3n) is 3.87. The van der Waals surface area contributed by atoms with E-state index in [4.69, 9.17) is 23.2 Å². The number of aliphatic imine (C=N–C) groups is 1. The van der Waals surface area contributed by atoms with Gasteiger partial charge in [-0.2, -0.15) is 0 Å². The summed E-state index contributed by atoms with van der Waals surface area (Å²) in [5.74, 6) is -0.900. The highest BCUT2D eigenvalue weighted by atomic mass is 35.5. The molecule has 1 aromatic heterocycles. The van der Waals surface area contributed by atoms with Crippen LogP contribution in [0.25, 0.3) is 11.0 Å². The zero-order valence-corrected chi connectivity index (χ0v) is 14.1. The van der Waals surface area contributed by atoms with Crippen LogP contribution in [-0.2, 0) is 0 Å². The van der Waals surface area contributed by atoms with E-state index in [2.05, 4.69) is 28.3 Å². The van der Waals surface area contributed by atoms with Crippen LogP contribution >= 0.6 is 23.2 Å². The first-order chi connectivity index (χ1) is 11.4. The van der Waals surface area contributed by atoms with Gasteiger partial charge in [0.05, 0.1) is 10.5 Å². The third kappa shape index (κ3) is 2.83. The largest absolute Gasteiger partial charge is 0.333 e. The fraction of sp³-hybridized carbons (Fsp3) is 0.188. The molecule has 0 fully saturated rings. The number of hydrogen-bond donors (Lipinski definition) is 1. The van der Waals surface area contributed by atoms with E-state index in [-0.39, 0.29) is 23.8 Å². The maximum Gasteiger partial charge on any atom is 0.289 e. The predicted molar refractivity (Wildman–Crippen MR) is 93.2 cm³/mol. The lowest BCUT2D eigenvalue weighted by molar-refractivity contribution is 0.0754. The van der Waals surface area contributed by atoms with Gasteiger partial charge >= 0.3 is 0 Å². The first kappa shape index (κ1) is 16.7. The molecule has 2 aromatic rings. The Labute approximate surface area is 147 Å². The van der Waals surface area contributed by atoms with Crippen molar-refractivity contribution in [1.29, 1.82) is 0 Å². The van der Waals surface area contributed by atoms with E-state index in [9.17, 15) is 9.18 Å². The Morgan fingerprint density at radius 1 is 1.46 bits per heavy atom.